The predicted molar refractivity (Wildman–Crippen MR) is 101 cm³/mol. The Kier molecular flexibility index (Phi) is 7.85. The number of benzene rings is 1. The maximum Gasteiger partial charge on any atom is 0.193 e. The van der Waals surface area contributed by atoms with E-state index in [0.29, 0.717) is 19.1 Å². The van der Waals surface area contributed by atoms with Crippen LogP contribution in [0.2, 0.25) is 0 Å². The summed E-state index contributed by atoms with van der Waals surface area (Å²) in [6, 6.07) is 6.05. The van der Waals surface area contributed by atoms with Gasteiger partial charge in [-0.2, -0.15) is 0 Å². The summed E-state index contributed by atoms with van der Waals surface area (Å²) in [6.45, 7) is 6.29. The Morgan fingerprint density at radius 1 is 1.32 bits per heavy atom. The van der Waals surface area contributed by atoms with E-state index >= 15 is 0 Å². The van der Waals surface area contributed by atoms with Crippen LogP contribution < -0.4 is 14.8 Å². The van der Waals surface area contributed by atoms with E-state index in [2.05, 4.69) is 28.2 Å². The molecule has 0 radical (unpaired) electrons. The van der Waals surface area contributed by atoms with E-state index in [4.69, 9.17) is 14.2 Å². The number of ether oxygens (including phenoxy) is 3. The molecule has 1 unspecified atom stereocenters. The van der Waals surface area contributed by atoms with Crippen molar-refractivity contribution in [2.45, 2.75) is 26.3 Å². The zero-order valence-corrected chi connectivity index (χ0v) is 15.9. The summed E-state index contributed by atoms with van der Waals surface area (Å²) in [4.78, 5) is 6.71. The molecule has 0 spiro atoms. The van der Waals surface area contributed by atoms with E-state index in [1.165, 1.54) is 0 Å². The number of nitrogens with one attached hydrogen (secondary N) is 1. The van der Waals surface area contributed by atoms with Crippen LogP contribution in [0, 0.1) is 5.92 Å². The molecule has 0 aliphatic carbocycles. The fraction of sp³-hybridized carbons (Fsp3) is 0.632. The van der Waals surface area contributed by atoms with Crippen LogP contribution in [0.1, 0.15) is 25.3 Å². The van der Waals surface area contributed by atoms with Gasteiger partial charge in [0, 0.05) is 39.7 Å². The highest BCUT2D eigenvalue weighted by Gasteiger charge is 2.24. The molecule has 1 saturated heterocycles. The van der Waals surface area contributed by atoms with Crippen molar-refractivity contribution in [3.8, 4) is 11.5 Å². The molecule has 1 atom stereocenters. The Morgan fingerprint density at radius 2 is 2.16 bits per heavy atom. The summed E-state index contributed by atoms with van der Waals surface area (Å²) in [5.41, 5.74) is 1.13. The number of guanidine groups is 1. The summed E-state index contributed by atoms with van der Waals surface area (Å²) >= 11 is 0. The number of rotatable bonds is 8. The molecule has 1 fully saturated rings. The summed E-state index contributed by atoms with van der Waals surface area (Å²) in [5, 5.41) is 3.44. The lowest BCUT2D eigenvalue weighted by Crippen LogP contribution is -2.39. The van der Waals surface area contributed by atoms with E-state index in [9.17, 15) is 0 Å². The lowest BCUT2D eigenvalue weighted by atomic mass is 10.1. The molecule has 6 nitrogen and oxygen atoms in total. The summed E-state index contributed by atoms with van der Waals surface area (Å²) in [7, 11) is 5.26. The third-order valence-electron chi connectivity index (χ3n) is 4.34. The van der Waals surface area contributed by atoms with Gasteiger partial charge in [0.2, 0.25) is 0 Å². The average Bonchev–Trinajstić information content (AvgIpc) is 3.09. The quantitative estimate of drug-likeness (QED) is 0.577. The highest BCUT2D eigenvalue weighted by atomic mass is 16.5. The van der Waals surface area contributed by atoms with Crippen LogP contribution in [0.4, 0.5) is 0 Å². The first kappa shape index (κ1) is 19.4. The molecule has 0 saturated carbocycles. The average molecular weight is 349 g/mol. The van der Waals surface area contributed by atoms with Gasteiger partial charge in [-0.3, -0.25) is 4.99 Å². The molecule has 0 aromatic heterocycles. The van der Waals surface area contributed by atoms with Crippen molar-refractivity contribution in [1.82, 2.24) is 10.2 Å². The standard InChI is InChI=1S/C19H31N3O3/c1-5-10-25-17-7-6-15(11-18(17)24-4)12-21-19(20-2)22-9-8-16(13-22)14-23-3/h6-7,11,16H,5,8-10,12-14H2,1-4H3,(H,20,21). The number of hydrogen-bond donors (Lipinski definition) is 1. The van der Waals surface area contributed by atoms with Crippen LogP contribution in [-0.2, 0) is 11.3 Å². The maximum atomic E-state index is 5.71. The van der Waals surface area contributed by atoms with Gasteiger partial charge in [0.25, 0.3) is 0 Å². The van der Waals surface area contributed by atoms with E-state index in [0.717, 1.165) is 55.6 Å². The molecule has 1 heterocycles. The van der Waals surface area contributed by atoms with Gasteiger partial charge in [0.15, 0.2) is 17.5 Å². The van der Waals surface area contributed by atoms with Crippen molar-refractivity contribution in [2.24, 2.45) is 10.9 Å². The number of methoxy groups -OCH3 is 2. The Bertz CT molecular complexity index is 563. The zero-order valence-electron chi connectivity index (χ0n) is 15.9. The molecule has 25 heavy (non-hydrogen) atoms. The Labute approximate surface area is 151 Å². The molecule has 140 valence electrons. The molecule has 2 rings (SSSR count). The van der Waals surface area contributed by atoms with Crippen molar-refractivity contribution in [3.63, 3.8) is 0 Å². The molecule has 6 heteroatoms. The van der Waals surface area contributed by atoms with Gasteiger partial charge in [-0.05, 0) is 30.5 Å². The highest BCUT2D eigenvalue weighted by molar-refractivity contribution is 5.80. The first-order chi connectivity index (χ1) is 12.2. The van der Waals surface area contributed by atoms with Crippen LogP contribution in [0.5, 0.6) is 11.5 Å². The SMILES string of the molecule is CCCOc1ccc(CNC(=NC)N2CCC(COC)C2)cc1OC. The fourth-order valence-electron chi connectivity index (χ4n) is 3.06. The number of nitrogens with zero attached hydrogens (tertiary/aromatic N) is 2. The summed E-state index contributed by atoms with van der Waals surface area (Å²) < 4.78 is 16.4. The Balaban J connectivity index is 1.93. The topological polar surface area (TPSA) is 55.3 Å². The zero-order chi connectivity index (χ0) is 18.1. The molecule has 1 N–H and O–H groups in total. The molecule has 1 aliphatic heterocycles. The van der Waals surface area contributed by atoms with Crippen LogP contribution in [0.15, 0.2) is 23.2 Å². The van der Waals surface area contributed by atoms with Crippen LogP contribution >= 0.6 is 0 Å². The minimum absolute atomic E-state index is 0.582. The fourth-order valence-corrected chi connectivity index (χ4v) is 3.06. The third-order valence-corrected chi connectivity index (χ3v) is 4.34. The van der Waals surface area contributed by atoms with E-state index in [1.54, 1.807) is 14.2 Å². The summed E-state index contributed by atoms with van der Waals surface area (Å²) in [5.74, 6) is 3.08. The number of aliphatic imine (C=N–C) groups is 1. The smallest absolute Gasteiger partial charge is 0.193 e. The maximum absolute atomic E-state index is 5.71. The summed E-state index contributed by atoms with van der Waals surface area (Å²) in [6.07, 6.45) is 2.12. The first-order valence-electron chi connectivity index (χ1n) is 8.96. The molecule has 1 aliphatic rings. The second-order valence-corrected chi connectivity index (χ2v) is 6.29. The molecule has 0 bridgehead atoms. The van der Waals surface area contributed by atoms with Gasteiger partial charge in [-0.15, -0.1) is 0 Å². The molecule has 1 aromatic rings. The molecular weight excluding hydrogens is 318 g/mol. The lowest BCUT2D eigenvalue weighted by molar-refractivity contribution is 0.157. The highest BCUT2D eigenvalue weighted by Crippen LogP contribution is 2.28. The van der Waals surface area contributed by atoms with E-state index in [-0.39, 0.29) is 0 Å². The van der Waals surface area contributed by atoms with Gasteiger partial charge in [0.05, 0.1) is 20.3 Å². The molecule has 0 amide bonds. The van der Waals surface area contributed by atoms with Gasteiger partial charge >= 0.3 is 0 Å². The Morgan fingerprint density at radius 3 is 2.84 bits per heavy atom. The minimum Gasteiger partial charge on any atom is -0.493 e. The van der Waals surface area contributed by atoms with Gasteiger partial charge in [-0.1, -0.05) is 13.0 Å². The largest absolute Gasteiger partial charge is 0.493 e. The number of hydrogen-bond acceptors (Lipinski definition) is 4. The molecular formula is C19H31N3O3. The molecule has 1 aromatic carbocycles. The van der Waals surface area contributed by atoms with Crippen molar-refractivity contribution in [3.05, 3.63) is 23.8 Å². The monoisotopic (exact) mass is 349 g/mol. The van der Waals surface area contributed by atoms with Crippen LogP contribution in [0.3, 0.4) is 0 Å². The van der Waals surface area contributed by atoms with Crippen molar-refractivity contribution >= 4 is 5.96 Å². The normalized spacial score (nSPS) is 17.7. The van der Waals surface area contributed by atoms with Gasteiger partial charge in [-0.25, -0.2) is 0 Å². The van der Waals surface area contributed by atoms with Crippen molar-refractivity contribution in [2.75, 3.05) is 47.6 Å². The van der Waals surface area contributed by atoms with Gasteiger partial charge in [0.1, 0.15) is 0 Å². The predicted octanol–water partition coefficient (Wildman–Crippen LogP) is 2.53. The number of likely N-dealkylation sites (tertiary alicyclic amines) is 1. The van der Waals surface area contributed by atoms with Crippen LogP contribution in [-0.4, -0.2) is 58.4 Å². The lowest BCUT2D eigenvalue weighted by Gasteiger charge is -2.22. The van der Waals surface area contributed by atoms with Crippen molar-refractivity contribution < 1.29 is 14.2 Å². The van der Waals surface area contributed by atoms with Crippen molar-refractivity contribution in [1.29, 1.82) is 0 Å². The minimum atomic E-state index is 0.582. The first-order valence-corrected chi connectivity index (χ1v) is 8.96. The third kappa shape index (κ3) is 5.53. The second-order valence-electron chi connectivity index (χ2n) is 6.29. The Hall–Kier alpha value is -1.95. The van der Waals surface area contributed by atoms with Crippen LogP contribution in [0.25, 0.3) is 0 Å². The van der Waals surface area contributed by atoms with E-state index < -0.39 is 0 Å². The second kappa shape index (κ2) is 10.1. The van der Waals surface area contributed by atoms with Gasteiger partial charge < -0.3 is 24.4 Å². The van der Waals surface area contributed by atoms with E-state index in [1.807, 2.05) is 19.2 Å².